The van der Waals surface area contributed by atoms with Gasteiger partial charge in [0, 0.05) is 43.6 Å². The van der Waals surface area contributed by atoms with Crippen LogP contribution >= 0.6 is 0 Å². The number of H-pyrrole nitrogens is 1. The molecule has 0 saturated carbocycles. The van der Waals surface area contributed by atoms with Crippen LogP contribution in [0.5, 0.6) is 0 Å². The maximum atomic E-state index is 13.2. The van der Waals surface area contributed by atoms with E-state index < -0.39 is 0 Å². The summed E-state index contributed by atoms with van der Waals surface area (Å²) in [7, 11) is 0. The lowest BCUT2D eigenvalue weighted by atomic mass is 10.0. The highest BCUT2D eigenvalue weighted by atomic mass is 19.1. The topological polar surface area (TPSA) is 53.9 Å². The summed E-state index contributed by atoms with van der Waals surface area (Å²) in [5.74, 6) is -0.236. The van der Waals surface area contributed by atoms with Gasteiger partial charge < -0.3 is 4.98 Å². The molecule has 0 aliphatic carbocycles. The minimum atomic E-state index is -0.236. The summed E-state index contributed by atoms with van der Waals surface area (Å²) in [4.78, 5) is 22.2. The Hall–Kier alpha value is -3.25. The van der Waals surface area contributed by atoms with Crippen molar-refractivity contribution in [2.24, 2.45) is 0 Å². The Labute approximate surface area is 173 Å². The lowest BCUT2D eigenvalue weighted by Crippen LogP contribution is -2.36. The molecule has 1 aliphatic rings. The van der Waals surface area contributed by atoms with Crippen molar-refractivity contribution in [1.29, 1.82) is 0 Å². The van der Waals surface area contributed by atoms with Crippen LogP contribution in [-0.4, -0.2) is 32.5 Å². The number of nitrogens with zero attached hydrogens (tertiary/aromatic N) is 3. The molecule has 5 rings (SSSR count). The Kier molecular flexibility index (Phi) is 4.93. The maximum Gasteiger partial charge on any atom is 0.326 e. The SMILES string of the molecule is O=c1[nH]c2ccccc2n1C1CCN(Cc2cncc(-c3ccc(F)cc3)c2)CC1. The molecule has 30 heavy (non-hydrogen) atoms. The van der Waals surface area contributed by atoms with E-state index >= 15 is 0 Å². The molecule has 0 spiro atoms. The van der Waals surface area contributed by atoms with Crippen molar-refractivity contribution in [3.8, 4) is 11.1 Å². The highest BCUT2D eigenvalue weighted by molar-refractivity contribution is 5.75. The van der Waals surface area contributed by atoms with E-state index in [0.717, 1.165) is 60.2 Å². The summed E-state index contributed by atoms with van der Waals surface area (Å²) in [5.41, 5.74) is 4.95. The summed E-state index contributed by atoms with van der Waals surface area (Å²) >= 11 is 0. The van der Waals surface area contributed by atoms with E-state index in [2.05, 4.69) is 20.9 Å². The van der Waals surface area contributed by atoms with E-state index in [9.17, 15) is 9.18 Å². The summed E-state index contributed by atoms with van der Waals surface area (Å²) in [6.45, 7) is 2.67. The Balaban J connectivity index is 1.27. The zero-order valence-electron chi connectivity index (χ0n) is 16.6. The molecule has 3 heterocycles. The Morgan fingerprint density at radius 3 is 2.57 bits per heavy atom. The van der Waals surface area contributed by atoms with Crippen LogP contribution < -0.4 is 5.69 Å². The number of benzene rings is 2. The first kappa shape index (κ1) is 18.8. The maximum absolute atomic E-state index is 13.2. The molecule has 0 atom stereocenters. The number of piperidine rings is 1. The van der Waals surface area contributed by atoms with Gasteiger partial charge in [0.05, 0.1) is 11.0 Å². The van der Waals surface area contributed by atoms with Gasteiger partial charge in [-0.3, -0.25) is 14.5 Å². The minimum absolute atomic E-state index is 0.0224. The third-order valence-electron chi connectivity index (χ3n) is 5.92. The van der Waals surface area contributed by atoms with Crippen LogP contribution in [-0.2, 0) is 6.54 Å². The molecule has 0 amide bonds. The molecule has 1 fully saturated rings. The first-order valence-electron chi connectivity index (χ1n) is 10.3. The fraction of sp³-hybridized carbons (Fsp3) is 0.250. The lowest BCUT2D eigenvalue weighted by Gasteiger charge is -2.32. The van der Waals surface area contributed by atoms with Crippen molar-refractivity contribution in [3.63, 3.8) is 0 Å². The van der Waals surface area contributed by atoms with Gasteiger partial charge in [-0.25, -0.2) is 9.18 Å². The zero-order valence-corrected chi connectivity index (χ0v) is 16.6. The molecule has 4 aromatic rings. The molecule has 1 N–H and O–H groups in total. The van der Waals surface area contributed by atoms with Gasteiger partial charge in [0.1, 0.15) is 5.82 Å². The van der Waals surface area contributed by atoms with Gasteiger partial charge in [-0.15, -0.1) is 0 Å². The van der Waals surface area contributed by atoms with Crippen molar-refractivity contribution < 1.29 is 4.39 Å². The van der Waals surface area contributed by atoms with Crippen molar-refractivity contribution in [2.45, 2.75) is 25.4 Å². The van der Waals surface area contributed by atoms with Crippen molar-refractivity contribution >= 4 is 11.0 Å². The summed E-state index contributed by atoms with van der Waals surface area (Å²) in [6, 6.07) is 16.7. The van der Waals surface area contributed by atoms with E-state index in [1.54, 1.807) is 12.1 Å². The Bertz CT molecular complexity index is 1220. The second-order valence-electron chi connectivity index (χ2n) is 7.91. The number of rotatable bonds is 4. The quantitative estimate of drug-likeness (QED) is 0.552. The fourth-order valence-corrected chi connectivity index (χ4v) is 4.40. The molecule has 6 heteroatoms. The van der Waals surface area contributed by atoms with Crippen LogP contribution in [0, 0.1) is 5.82 Å². The van der Waals surface area contributed by atoms with Gasteiger partial charge in [-0.05, 0) is 54.3 Å². The number of hydrogen-bond donors (Lipinski definition) is 1. The van der Waals surface area contributed by atoms with Gasteiger partial charge >= 0.3 is 5.69 Å². The number of nitrogens with one attached hydrogen (secondary N) is 1. The third kappa shape index (κ3) is 3.66. The molecule has 0 bridgehead atoms. The van der Waals surface area contributed by atoms with Crippen molar-refractivity contribution in [3.05, 3.63) is 88.9 Å². The van der Waals surface area contributed by atoms with Gasteiger partial charge in [0.15, 0.2) is 0 Å². The zero-order chi connectivity index (χ0) is 20.5. The van der Waals surface area contributed by atoms with Crippen molar-refractivity contribution in [1.82, 2.24) is 19.4 Å². The van der Waals surface area contributed by atoms with Crippen molar-refractivity contribution in [2.75, 3.05) is 13.1 Å². The molecular weight excluding hydrogens is 379 g/mol. The molecule has 0 radical (unpaired) electrons. The number of fused-ring (bicyclic) bond motifs is 1. The van der Waals surface area contributed by atoms with E-state index in [1.165, 1.54) is 12.1 Å². The first-order chi connectivity index (χ1) is 14.7. The largest absolute Gasteiger partial charge is 0.326 e. The van der Waals surface area contributed by atoms with E-state index in [0.29, 0.717) is 0 Å². The number of aromatic amines is 1. The number of hydrogen-bond acceptors (Lipinski definition) is 3. The summed E-state index contributed by atoms with van der Waals surface area (Å²) < 4.78 is 15.1. The van der Waals surface area contributed by atoms with Gasteiger partial charge in [-0.1, -0.05) is 24.3 Å². The van der Waals surface area contributed by atoms with Crippen LogP contribution in [0.2, 0.25) is 0 Å². The molecular formula is C24H23FN4O. The van der Waals surface area contributed by atoms with Crippen LogP contribution in [0.15, 0.2) is 71.8 Å². The van der Waals surface area contributed by atoms with Crippen LogP contribution in [0.4, 0.5) is 4.39 Å². The van der Waals surface area contributed by atoms with Crippen LogP contribution in [0.1, 0.15) is 24.4 Å². The predicted molar refractivity (Wildman–Crippen MR) is 116 cm³/mol. The normalized spacial score (nSPS) is 15.6. The highest BCUT2D eigenvalue weighted by Gasteiger charge is 2.23. The number of imidazole rings is 1. The lowest BCUT2D eigenvalue weighted by molar-refractivity contribution is 0.180. The highest BCUT2D eigenvalue weighted by Crippen LogP contribution is 2.26. The molecule has 2 aromatic heterocycles. The van der Waals surface area contributed by atoms with E-state index in [-0.39, 0.29) is 17.5 Å². The Morgan fingerprint density at radius 2 is 1.77 bits per heavy atom. The third-order valence-corrected chi connectivity index (χ3v) is 5.92. The van der Waals surface area contributed by atoms with E-state index in [1.807, 2.05) is 41.2 Å². The van der Waals surface area contributed by atoms with E-state index in [4.69, 9.17) is 0 Å². The number of para-hydroxylation sites is 2. The summed E-state index contributed by atoms with van der Waals surface area (Å²) in [5, 5.41) is 0. The van der Waals surface area contributed by atoms with Crippen LogP contribution in [0.25, 0.3) is 22.2 Å². The Morgan fingerprint density at radius 1 is 1.00 bits per heavy atom. The minimum Gasteiger partial charge on any atom is -0.306 e. The number of halogens is 1. The average molecular weight is 402 g/mol. The van der Waals surface area contributed by atoms with Gasteiger partial charge in [0.25, 0.3) is 0 Å². The number of pyridine rings is 1. The second kappa shape index (κ2) is 7.88. The summed E-state index contributed by atoms with van der Waals surface area (Å²) in [6.07, 6.45) is 5.58. The molecule has 1 saturated heterocycles. The predicted octanol–water partition coefficient (Wildman–Crippen LogP) is 4.37. The van der Waals surface area contributed by atoms with Gasteiger partial charge in [-0.2, -0.15) is 0 Å². The fourth-order valence-electron chi connectivity index (χ4n) is 4.40. The molecule has 2 aromatic carbocycles. The molecule has 152 valence electrons. The molecule has 5 nitrogen and oxygen atoms in total. The van der Waals surface area contributed by atoms with Crippen LogP contribution in [0.3, 0.4) is 0 Å². The van der Waals surface area contributed by atoms with Gasteiger partial charge in [0.2, 0.25) is 0 Å². The molecule has 1 aliphatic heterocycles. The standard InChI is InChI=1S/C24H23FN4O/c25-20-7-5-18(6-8-20)19-13-17(14-26-15-19)16-28-11-9-21(10-12-28)29-23-4-2-1-3-22(23)27-24(29)30/h1-8,13-15,21H,9-12,16H2,(H,27,30). The monoisotopic (exact) mass is 402 g/mol. The number of aromatic nitrogens is 3. The first-order valence-corrected chi connectivity index (χ1v) is 10.3. The smallest absolute Gasteiger partial charge is 0.306 e. The average Bonchev–Trinajstić information content (AvgIpc) is 3.11. The second-order valence-corrected chi connectivity index (χ2v) is 7.91. The molecule has 0 unspecified atom stereocenters. The number of likely N-dealkylation sites (tertiary alicyclic amines) is 1.